The maximum Gasteiger partial charge on any atom is 0.258 e. The second kappa shape index (κ2) is 5.62. The largest absolute Gasteiger partial charge is 0.355 e. The Morgan fingerprint density at radius 2 is 1.80 bits per heavy atom. The fourth-order valence-electron chi connectivity index (χ4n) is 3.85. The molecule has 126 valence electrons. The van der Waals surface area contributed by atoms with Crippen molar-refractivity contribution in [2.75, 3.05) is 6.54 Å². The number of nitrogens with zero attached hydrogens (tertiary/aromatic N) is 1. The molecule has 3 nitrogen and oxygen atoms in total. The summed E-state index contributed by atoms with van der Waals surface area (Å²) < 4.78 is 0. The highest BCUT2D eigenvalue weighted by atomic mass is 16.2. The lowest BCUT2D eigenvalue weighted by atomic mass is 9.82. The van der Waals surface area contributed by atoms with E-state index >= 15 is 0 Å². The molecule has 25 heavy (non-hydrogen) atoms. The number of hydrogen-bond donors (Lipinski definition) is 1. The highest BCUT2D eigenvalue weighted by Crippen LogP contribution is 2.37. The summed E-state index contributed by atoms with van der Waals surface area (Å²) in [4.78, 5) is 18.4. The number of amides is 1. The van der Waals surface area contributed by atoms with Crippen molar-refractivity contribution in [3.8, 4) is 0 Å². The zero-order valence-electron chi connectivity index (χ0n) is 14.8. The van der Waals surface area contributed by atoms with Gasteiger partial charge < -0.3 is 9.88 Å². The van der Waals surface area contributed by atoms with Crippen LogP contribution >= 0.6 is 0 Å². The Labute approximate surface area is 148 Å². The molecule has 3 heteroatoms. The minimum Gasteiger partial charge on any atom is -0.355 e. The van der Waals surface area contributed by atoms with Crippen LogP contribution in [0.4, 0.5) is 0 Å². The number of benzene rings is 2. The number of carbonyl (C=O) groups is 1. The van der Waals surface area contributed by atoms with E-state index < -0.39 is 0 Å². The summed E-state index contributed by atoms with van der Waals surface area (Å²) in [6.45, 7) is 7.04. The van der Waals surface area contributed by atoms with Gasteiger partial charge in [0.15, 0.2) is 0 Å². The van der Waals surface area contributed by atoms with Crippen LogP contribution in [0.15, 0.2) is 54.7 Å². The molecule has 0 saturated carbocycles. The molecule has 0 saturated heterocycles. The number of para-hydroxylation sites is 1. The zero-order chi connectivity index (χ0) is 17.6. The van der Waals surface area contributed by atoms with Gasteiger partial charge in [-0.05, 0) is 36.3 Å². The number of fused-ring (bicyclic) bond motifs is 3. The number of carbonyl (C=O) groups excluding carboxylic acids is 1. The summed E-state index contributed by atoms with van der Waals surface area (Å²) in [5.74, 6) is 0.0527. The fourth-order valence-corrected chi connectivity index (χ4v) is 3.85. The first-order valence-electron chi connectivity index (χ1n) is 8.63. The molecule has 2 heterocycles. The molecule has 0 fully saturated rings. The molecule has 1 aromatic heterocycles. The van der Waals surface area contributed by atoms with Crippen LogP contribution in [0, 0.1) is 6.92 Å². The summed E-state index contributed by atoms with van der Waals surface area (Å²) >= 11 is 0. The molecule has 0 atom stereocenters. The molecule has 2 aromatic carbocycles. The second-order valence-corrected chi connectivity index (χ2v) is 7.41. The van der Waals surface area contributed by atoms with Crippen molar-refractivity contribution in [1.29, 1.82) is 0 Å². The van der Waals surface area contributed by atoms with E-state index in [1.54, 1.807) is 0 Å². The molecule has 1 aliphatic heterocycles. The van der Waals surface area contributed by atoms with Crippen molar-refractivity contribution in [1.82, 2.24) is 9.88 Å². The summed E-state index contributed by atoms with van der Waals surface area (Å²) in [6.07, 6.45) is 3.94. The van der Waals surface area contributed by atoms with Gasteiger partial charge in [-0.1, -0.05) is 50.2 Å². The SMILES string of the molecule is Cc1ccccc1C(=O)N1C=Cc2[nH]c3ccccc3c2C(C)(C)C1. The maximum atomic E-state index is 13.1. The molecule has 1 aliphatic rings. The first-order chi connectivity index (χ1) is 12.0. The Bertz CT molecular complexity index is 994. The average molecular weight is 330 g/mol. The molecule has 1 amide bonds. The van der Waals surface area contributed by atoms with Crippen molar-refractivity contribution < 1.29 is 4.79 Å². The highest BCUT2D eigenvalue weighted by molar-refractivity contribution is 5.97. The van der Waals surface area contributed by atoms with Gasteiger partial charge in [0.25, 0.3) is 5.91 Å². The lowest BCUT2D eigenvalue weighted by Gasteiger charge is -2.30. The van der Waals surface area contributed by atoms with Crippen LogP contribution in [-0.2, 0) is 5.41 Å². The molecular formula is C22H22N2O. The van der Waals surface area contributed by atoms with Crippen LogP contribution in [0.5, 0.6) is 0 Å². The van der Waals surface area contributed by atoms with Crippen molar-refractivity contribution in [2.24, 2.45) is 0 Å². The predicted molar refractivity (Wildman–Crippen MR) is 103 cm³/mol. The predicted octanol–water partition coefficient (Wildman–Crippen LogP) is 4.88. The first kappa shape index (κ1) is 15.7. The van der Waals surface area contributed by atoms with E-state index in [-0.39, 0.29) is 11.3 Å². The molecule has 0 aliphatic carbocycles. The quantitative estimate of drug-likeness (QED) is 0.678. The summed E-state index contributed by atoms with van der Waals surface area (Å²) in [5.41, 5.74) is 5.12. The highest BCUT2D eigenvalue weighted by Gasteiger charge is 2.33. The fraction of sp³-hybridized carbons (Fsp3) is 0.227. The van der Waals surface area contributed by atoms with Crippen LogP contribution in [0.3, 0.4) is 0 Å². The van der Waals surface area contributed by atoms with Gasteiger partial charge in [-0.3, -0.25) is 4.79 Å². The van der Waals surface area contributed by atoms with Crippen LogP contribution in [-0.4, -0.2) is 22.3 Å². The molecule has 0 radical (unpaired) electrons. The van der Waals surface area contributed by atoms with E-state index in [1.807, 2.05) is 54.4 Å². The van der Waals surface area contributed by atoms with E-state index in [9.17, 15) is 4.79 Å². The minimum atomic E-state index is -0.156. The van der Waals surface area contributed by atoms with Gasteiger partial charge in [-0.15, -0.1) is 0 Å². The maximum absolute atomic E-state index is 13.1. The Balaban J connectivity index is 1.78. The van der Waals surface area contributed by atoms with Crippen molar-refractivity contribution in [3.63, 3.8) is 0 Å². The third kappa shape index (κ3) is 2.56. The molecular weight excluding hydrogens is 308 g/mol. The Hall–Kier alpha value is -2.81. The number of aromatic nitrogens is 1. The van der Waals surface area contributed by atoms with Gasteiger partial charge in [-0.2, -0.15) is 0 Å². The van der Waals surface area contributed by atoms with E-state index in [2.05, 4.69) is 37.0 Å². The normalized spacial score (nSPS) is 15.9. The minimum absolute atomic E-state index is 0.0527. The molecule has 4 rings (SSSR count). The van der Waals surface area contributed by atoms with Crippen molar-refractivity contribution >= 4 is 22.9 Å². The van der Waals surface area contributed by atoms with Gasteiger partial charge in [0.2, 0.25) is 0 Å². The number of nitrogens with one attached hydrogen (secondary N) is 1. The summed E-state index contributed by atoms with van der Waals surface area (Å²) in [6, 6.07) is 16.1. The first-order valence-corrected chi connectivity index (χ1v) is 8.63. The van der Waals surface area contributed by atoms with Crippen molar-refractivity contribution in [2.45, 2.75) is 26.2 Å². The zero-order valence-corrected chi connectivity index (χ0v) is 14.8. The van der Waals surface area contributed by atoms with Crippen LogP contribution < -0.4 is 0 Å². The van der Waals surface area contributed by atoms with E-state index in [0.717, 1.165) is 22.3 Å². The lowest BCUT2D eigenvalue weighted by Crippen LogP contribution is -2.37. The molecule has 0 unspecified atom stereocenters. The summed E-state index contributed by atoms with van der Waals surface area (Å²) in [7, 11) is 0. The van der Waals surface area contributed by atoms with E-state index in [4.69, 9.17) is 0 Å². The number of hydrogen-bond acceptors (Lipinski definition) is 1. The molecule has 0 spiro atoms. The number of H-pyrrole nitrogens is 1. The van der Waals surface area contributed by atoms with Crippen molar-refractivity contribution in [3.05, 3.63) is 77.1 Å². The van der Waals surface area contributed by atoms with E-state index in [0.29, 0.717) is 6.54 Å². The number of aryl methyl sites for hydroxylation is 1. The topological polar surface area (TPSA) is 36.1 Å². The van der Waals surface area contributed by atoms with Crippen LogP contribution in [0.2, 0.25) is 0 Å². The second-order valence-electron chi connectivity index (χ2n) is 7.41. The average Bonchev–Trinajstić information content (AvgIpc) is 2.91. The van der Waals surface area contributed by atoms with Crippen LogP contribution in [0.1, 0.15) is 41.0 Å². The van der Waals surface area contributed by atoms with Gasteiger partial charge in [0.05, 0.1) is 0 Å². The number of rotatable bonds is 1. The van der Waals surface area contributed by atoms with E-state index in [1.165, 1.54) is 10.9 Å². The van der Waals surface area contributed by atoms with Gasteiger partial charge in [-0.25, -0.2) is 0 Å². The standard InChI is InChI=1S/C22H22N2O/c1-15-8-4-5-9-16(15)21(25)24-13-12-19-20(22(2,3)14-24)17-10-6-7-11-18(17)23-19/h4-13,23H,14H2,1-3H3. The van der Waals surface area contributed by atoms with Crippen LogP contribution in [0.25, 0.3) is 17.0 Å². The van der Waals surface area contributed by atoms with Gasteiger partial charge >= 0.3 is 0 Å². The lowest BCUT2D eigenvalue weighted by molar-refractivity contribution is 0.0801. The summed E-state index contributed by atoms with van der Waals surface area (Å²) in [5, 5.41) is 1.23. The third-order valence-electron chi connectivity index (χ3n) is 5.03. The Kier molecular flexibility index (Phi) is 3.53. The molecule has 0 bridgehead atoms. The molecule has 1 N–H and O–H groups in total. The third-order valence-corrected chi connectivity index (χ3v) is 5.03. The van der Waals surface area contributed by atoms with Gasteiger partial charge in [0.1, 0.15) is 0 Å². The van der Waals surface area contributed by atoms with Gasteiger partial charge in [0, 0.05) is 40.3 Å². The Morgan fingerprint density at radius 1 is 1.08 bits per heavy atom. The smallest absolute Gasteiger partial charge is 0.258 e. The number of aromatic amines is 1. The monoisotopic (exact) mass is 330 g/mol. The Morgan fingerprint density at radius 3 is 2.60 bits per heavy atom. The molecule has 3 aromatic rings.